The Labute approximate surface area is 119 Å². The Morgan fingerprint density at radius 1 is 1.00 bits per heavy atom. The molecule has 0 aliphatic carbocycles. The molecule has 10 heteroatoms. The quantitative estimate of drug-likeness (QED) is 0.252. The molecule has 21 heavy (non-hydrogen) atoms. The van der Waals surface area contributed by atoms with Gasteiger partial charge < -0.3 is 45.2 Å². The highest BCUT2D eigenvalue weighted by atomic mass is 16.9. The average Bonchev–Trinajstić information content (AvgIpc) is 2.63. The minimum Gasteiger partial charge on any atom is -0.394 e. The van der Waals surface area contributed by atoms with Crippen LogP contribution in [0.4, 0.5) is 0 Å². The van der Waals surface area contributed by atoms with Crippen LogP contribution in [0.25, 0.3) is 0 Å². The summed E-state index contributed by atoms with van der Waals surface area (Å²) in [6.07, 6.45) is -12.2. The zero-order chi connectivity index (χ0) is 15.9. The molecule has 0 aromatic rings. The summed E-state index contributed by atoms with van der Waals surface area (Å²) < 4.78 is 14.8. The zero-order valence-electron chi connectivity index (χ0n) is 11.2. The first-order valence-corrected chi connectivity index (χ1v) is 6.46. The predicted octanol–water partition coefficient (Wildman–Crippen LogP) is -4.41. The third-order valence-corrected chi connectivity index (χ3v) is 3.67. The van der Waals surface area contributed by atoms with Crippen LogP contribution >= 0.6 is 0 Å². The minimum absolute atomic E-state index is 0.675. The molecule has 2 aliphatic rings. The number of rotatable bonds is 3. The molecule has 2 fully saturated rings. The molecule has 2 rings (SSSR count). The Balaban J connectivity index is 2.11. The molecule has 2 aliphatic heterocycles. The zero-order valence-corrected chi connectivity index (χ0v) is 11.2. The number of ether oxygens (including phenoxy) is 3. The summed E-state index contributed by atoms with van der Waals surface area (Å²) in [5.74, 6) is -2.66. The molecule has 0 aromatic heterocycles. The van der Waals surface area contributed by atoms with Gasteiger partial charge in [-0.1, -0.05) is 0 Å². The van der Waals surface area contributed by atoms with Crippen molar-refractivity contribution in [1.29, 1.82) is 0 Å². The standard InChI is InChI=1S/C11H20O10/c1-3-5(13)9(17)11(18,20-3)21-10-8(16)7(15)6(14)4(2-12)19-10/h3-10,12-18H,2H2,1H3/t3-,4-,5-,6-,7+,8-,9+,10?,11-/m1/s1. The van der Waals surface area contributed by atoms with Crippen LogP contribution in [-0.4, -0.2) is 97.3 Å². The maximum atomic E-state index is 10.0. The molecule has 7 N–H and O–H groups in total. The van der Waals surface area contributed by atoms with Crippen molar-refractivity contribution in [3.8, 4) is 0 Å². The van der Waals surface area contributed by atoms with Gasteiger partial charge in [0.25, 0.3) is 0 Å². The maximum Gasteiger partial charge on any atom is 0.313 e. The third-order valence-electron chi connectivity index (χ3n) is 3.67. The molecule has 0 bridgehead atoms. The van der Waals surface area contributed by atoms with E-state index in [1.165, 1.54) is 6.92 Å². The fourth-order valence-corrected chi connectivity index (χ4v) is 2.31. The van der Waals surface area contributed by atoms with Gasteiger partial charge in [0.15, 0.2) is 12.4 Å². The summed E-state index contributed by atoms with van der Waals surface area (Å²) in [6.45, 7) is 0.703. The summed E-state index contributed by atoms with van der Waals surface area (Å²) >= 11 is 0. The van der Waals surface area contributed by atoms with Gasteiger partial charge in [-0.3, -0.25) is 4.74 Å². The van der Waals surface area contributed by atoms with E-state index in [2.05, 4.69) is 0 Å². The molecule has 1 unspecified atom stereocenters. The highest BCUT2D eigenvalue weighted by Gasteiger charge is 2.57. The molecule has 0 saturated carbocycles. The van der Waals surface area contributed by atoms with E-state index in [0.717, 1.165) is 0 Å². The van der Waals surface area contributed by atoms with Gasteiger partial charge in [-0.15, -0.1) is 0 Å². The lowest BCUT2D eigenvalue weighted by Crippen LogP contribution is -2.62. The summed E-state index contributed by atoms with van der Waals surface area (Å²) in [6, 6.07) is 0. The fourth-order valence-electron chi connectivity index (χ4n) is 2.31. The van der Waals surface area contributed by atoms with Crippen molar-refractivity contribution < 1.29 is 50.0 Å². The van der Waals surface area contributed by atoms with Crippen LogP contribution in [0, 0.1) is 0 Å². The van der Waals surface area contributed by atoms with E-state index in [-0.39, 0.29) is 0 Å². The van der Waals surface area contributed by atoms with E-state index in [9.17, 15) is 30.6 Å². The second kappa shape index (κ2) is 6.01. The van der Waals surface area contributed by atoms with Crippen LogP contribution in [0.1, 0.15) is 6.92 Å². The molecule has 2 saturated heterocycles. The van der Waals surface area contributed by atoms with Gasteiger partial charge in [-0.25, -0.2) is 0 Å². The fraction of sp³-hybridized carbons (Fsp3) is 1.00. The first-order valence-electron chi connectivity index (χ1n) is 6.46. The molecule has 0 aromatic carbocycles. The first kappa shape index (κ1) is 17.0. The van der Waals surface area contributed by atoms with Gasteiger partial charge in [-0.2, -0.15) is 0 Å². The third kappa shape index (κ3) is 2.92. The second-order valence-corrected chi connectivity index (χ2v) is 5.20. The molecular formula is C11H20O10. The van der Waals surface area contributed by atoms with Gasteiger partial charge in [-0.05, 0) is 6.92 Å². The van der Waals surface area contributed by atoms with Crippen molar-refractivity contribution in [2.75, 3.05) is 6.61 Å². The summed E-state index contributed by atoms with van der Waals surface area (Å²) in [5.41, 5.74) is 0. The molecule has 0 amide bonds. The largest absolute Gasteiger partial charge is 0.394 e. The van der Waals surface area contributed by atoms with Crippen molar-refractivity contribution in [2.24, 2.45) is 0 Å². The molecule has 124 valence electrons. The maximum absolute atomic E-state index is 10.0. The van der Waals surface area contributed by atoms with Crippen LogP contribution in [0.15, 0.2) is 0 Å². The highest BCUT2D eigenvalue weighted by molar-refractivity contribution is 4.92. The monoisotopic (exact) mass is 312 g/mol. The van der Waals surface area contributed by atoms with E-state index in [1.54, 1.807) is 0 Å². The van der Waals surface area contributed by atoms with Crippen molar-refractivity contribution in [2.45, 2.75) is 61.9 Å². The van der Waals surface area contributed by atoms with Crippen LogP contribution in [0.3, 0.4) is 0 Å². The van der Waals surface area contributed by atoms with Crippen LogP contribution < -0.4 is 0 Å². The van der Waals surface area contributed by atoms with Crippen LogP contribution in [0.5, 0.6) is 0 Å². The lowest BCUT2D eigenvalue weighted by Gasteiger charge is -2.42. The summed E-state index contributed by atoms with van der Waals surface area (Å²) in [7, 11) is 0. The van der Waals surface area contributed by atoms with Gasteiger partial charge in [0.2, 0.25) is 0 Å². The highest BCUT2D eigenvalue weighted by Crippen LogP contribution is 2.34. The van der Waals surface area contributed by atoms with Crippen molar-refractivity contribution in [3.63, 3.8) is 0 Å². The number of hydrogen-bond donors (Lipinski definition) is 7. The van der Waals surface area contributed by atoms with Crippen molar-refractivity contribution in [3.05, 3.63) is 0 Å². The Bertz CT molecular complexity index is 365. The lowest BCUT2D eigenvalue weighted by molar-refractivity contribution is -0.441. The Morgan fingerprint density at radius 2 is 1.62 bits per heavy atom. The molecule has 9 atom stereocenters. The minimum atomic E-state index is -2.66. The topological polar surface area (TPSA) is 169 Å². The average molecular weight is 312 g/mol. The Hall–Kier alpha value is -0.400. The van der Waals surface area contributed by atoms with Gasteiger partial charge in [0.05, 0.1) is 12.7 Å². The number of aliphatic hydroxyl groups is 7. The van der Waals surface area contributed by atoms with Gasteiger partial charge in [0.1, 0.15) is 30.5 Å². The second-order valence-electron chi connectivity index (χ2n) is 5.20. The smallest absolute Gasteiger partial charge is 0.313 e. The number of hydrogen-bond acceptors (Lipinski definition) is 10. The van der Waals surface area contributed by atoms with E-state index in [1.807, 2.05) is 0 Å². The molecular weight excluding hydrogens is 292 g/mol. The predicted molar refractivity (Wildman–Crippen MR) is 62.4 cm³/mol. The lowest BCUT2D eigenvalue weighted by atomic mass is 9.99. The van der Waals surface area contributed by atoms with E-state index in [4.69, 9.17) is 19.3 Å². The van der Waals surface area contributed by atoms with Gasteiger partial charge >= 0.3 is 5.97 Å². The molecule has 10 nitrogen and oxygen atoms in total. The van der Waals surface area contributed by atoms with Crippen molar-refractivity contribution in [1.82, 2.24) is 0 Å². The van der Waals surface area contributed by atoms with E-state index < -0.39 is 61.6 Å². The SMILES string of the molecule is C[C@H]1O[C@@](O)(OC2O[C@H](CO)[C@@H](O)[C@H](O)[C@H]2O)[C@@H](O)[C@@H]1O. The van der Waals surface area contributed by atoms with Crippen molar-refractivity contribution >= 4 is 0 Å². The van der Waals surface area contributed by atoms with Crippen LogP contribution in [-0.2, 0) is 14.2 Å². The normalized spacial score (nSPS) is 54.9. The first-order chi connectivity index (χ1) is 9.71. The summed E-state index contributed by atoms with van der Waals surface area (Å²) in [4.78, 5) is 0. The molecule has 0 radical (unpaired) electrons. The Kier molecular flexibility index (Phi) is 4.85. The van der Waals surface area contributed by atoms with Gasteiger partial charge in [0, 0.05) is 0 Å². The Morgan fingerprint density at radius 3 is 2.10 bits per heavy atom. The molecule has 0 spiro atoms. The van der Waals surface area contributed by atoms with E-state index >= 15 is 0 Å². The van der Waals surface area contributed by atoms with Crippen LogP contribution in [0.2, 0.25) is 0 Å². The summed E-state index contributed by atoms with van der Waals surface area (Å²) in [5, 5.41) is 67.3. The molecule has 2 heterocycles. The van der Waals surface area contributed by atoms with E-state index in [0.29, 0.717) is 0 Å². The number of aliphatic hydroxyl groups excluding tert-OH is 6.